The molecule has 0 spiro atoms. The van der Waals surface area contributed by atoms with Gasteiger partial charge in [-0.15, -0.1) is 34.2 Å². The van der Waals surface area contributed by atoms with Crippen LogP contribution in [-0.2, 0) is 19.5 Å². The molecule has 10 heteroatoms. The largest absolute Gasteiger partial charge is 0.356 e. The molecule has 0 unspecified atom stereocenters. The molecule has 0 saturated carbocycles. The van der Waals surface area contributed by atoms with Crippen LogP contribution in [0.15, 0.2) is 28.3 Å². The average molecular weight is 538 g/mol. The van der Waals surface area contributed by atoms with Gasteiger partial charge in [0, 0.05) is 38.7 Å². The number of aromatic nitrogens is 3. The molecule has 2 aromatic rings. The summed E-state index contributed by atoms with van der Waals surface area (Å²) < 4.78 is 29.1. The Morgan fingerprint density at radius 3 is 2.66 bits per heavy atom. The van der Waals surface area contributed by atoms with Gasteiger partial charge < -0.3 is 15.2 Å². The highest BCUT2D eigenvalue weighted by atomic mass is 127. The van der Waals surface area contributed by atoms with E-state index in [1.165, 1.54) is 6.07 Å². The molecule has 6 nitrogen and oxygen atoms in total. The van der Waals surface area contributed by atoms with Gasteiger partial charge in [0.1, 0.15) is 17.5 Å². The third-order valence-electron chi connectivity index (χ3n) is 4.07. The first-order chi connectivity index (χ1) is 13.4. The lowest BCUT2D eigenvalue weighted by Crippen LogP contribution is -2.37. The molecule has 0 atom stereocenters. The minimum absolute atomic E-state index is 0. The normalized spacial score (nSPS) is 11.5. The molecule has 1 aromatic carbocycles. The van der Waals surface area contributed by atoms with Gasteiger partial charge in [0.05, 0.1) is 0 Å². The Morgan fingerprint density at radius 2 is 2.00 bits per heavy atom. The Kier molecular flexibility index (Phi) is 11.5. The average Bonchev–Trinajstić information content (AvgIpc) is 3.04. The zero-order valence-corrected chi connectivity index (χ0v) is 20.4. The number of nitrogens with zero attached hydrogens (tertiary/aromatic N) is 4. The van der Waals surface area contributed by atoms with E-state index >= 15 is 0 Å². The van der Waals surface area contributed by atoms with Crippen LogP contribution in [0.1, 0.15) is 31.7 Å². The van der Waals surface area contributed by atoms with Crippen LogP contribution < -0.4 is 10.6 Å². The van der Waals surface area contributed by atoms with Gasteiger partial charge in [-0.05, 0) is 36.8 Å². The highest BCUT2D eigenvalue weighted by Gasteiger charge is 2.12. The van der Waals surface area contributed by atoms with Crippen molar-refractivity contribution in [1.29, 1.82) is 0 Å². The number of nitrogens with one attached hydrogen (secondary N) is 2. The summed E-state index contributed by atoms with van der Waals surface area (Å²) in [4.78, 5) is 4.12. The maximum Gasteiger partial charge on any atom is 0.191 e. The fourth-order valence-electron chi connectivity index (χ4n) is 2.74. The van der Waals surface area contributed by atoms with Gasteiger partial charge in [-0.2, -0.15) is 0 Å². The molecular formula is C19H29F2IN6S. The number of rotatable bonds is 9. The molecule has 29 heavy (non-hydrogen) atoms. The van der Waals surface area contributed by atoms with Crippen LogP contribution >= 0.6 is 35.7 Å². The highest BCUT2D eigenvalue weighted by molar-refractivity contribution is 14.0. The Bertz CT molecular complexity index is 797. The van der Waals surface area contributed by atoms with Gasteiger partial charge in [-0.25, -0.2) is 8.78 Å². The van der Waals surface area contributed by atoms with Crippen molar-refractivity contribution in [3.05, 3.63) is 41.2 Å². The van der Waals surface area contributed by atoms with E-state index in [1.54, 1.807) is 18.8 Å². The van der Waals surface area contributed by atoms with Crippen LogP contribution in [0.25, 0.3) is 0 Å². The number of thioether (sulfide) groups is 1. The van der Waals surface area contributed by atoms with Crippen LogP contribution in [0.3, 0.4) is 0 Å². The third kappa shape index (κ3) is 8.07. The minimum Gasteiger partial charge on any atom is -0.356 e. The minimum atomic E-state index is -0.462. The van der Waals surface area contributed by atoms with Crippen LogP contribution in [0.4, 0.5) is 8.78 Å². The summed E-state index contributed by atoms with van der Waals surface area (Å²) in [5.74, 6) is 1.13. The van der Waals surface area contributed by atoms with Crippen LogP contribution in [0.2, 0.25) is 0 Å². The number of aryl methyl sites for hydroxylation is 1. The summed E-state index contributed by atoms with van der Waals surface area (Å²) in [7, 11) is 1.64. The second-order valence-corrected chi connectivity index (χ2v) is 7.57. The predicted octanol–water partition coefficient (Wildman–Crippen LogP) is 3.85. The van der Waals surface area contributed by atoms with Crippen molar-refractivity contribution in [1.82, 2.24) is 25.4 Å². The van der Waals surface area contributed by atoms with E-state index in [4.69, 9.17) is 0 Å². The lowest BCUT2D eigenvalue weighted by molar-refractivity contribution is 0.477. The second kappa shape index (κ2) is 13.0. The first-order valence-corrected chi connectivity index (χ1v) is 10.5. The lowest BCUT2D eigenvalue weighted by atomic mass is 10.2. The van der Waals surface area contributed by atoms with Gasteiger partial charge in [0.2, 0.25) is 0 Å². The number of benzene rings is 1. The second-order valence-electron chi connectivity index (χ2n) is 6.80. The maximum absolute atomic E-state index is 13.7. The summed E-state index contributed by atoms with van der Waals surface area (Å²) in [5, 5.41) is 15.7. The van der Waals surface area contributed by atoms with Gasteiger partial charge in [0.15, 0.2) is 11.1 Å². The number of hydrogen-bond acceptors (Lipinski definition) is 4. The molecule has 0 aliphatic rings. The zero-order valence-electron chi connectivity index (χ0n) is 17.2. The molecule has 0 amide bonds. The quantitative estimate of drug-likeness (QED) is 0.167. The first-order valence-electron chi connectivity index (χ1n) is 9.29. The van der Waals surface area contributed by atoms with Gasteiger partial charge in [0.25, 0.3) is 0 Å². The van der Waals surface area contributed by atoms with Crippen molar-refractivity contribution >= 4 is 41.7 Å². The molecule has 0 bridgehead atoms. The summed E-state index contributed by atoms with van der Waals surface area (Å²) in [5.41, 5.74) is 0.259. The molecule has 2 rings (SSSR count). The molecule has 0 radical (unpaired) electrons. The molecule has 2 N–H and O–H groups in total. The van der Waals surface area contributed by atoms with Gasteiger partial charge in [-0.3, -0.25) is 4.99 Å². The summed E-state index contributed by atoms with van der Waals surface area (Å²) >= 11 is 1.60. The molecule has 162 valence electrons. The lowest BCUT2D eigenvalue weighted by Gasteiger charge is -2.13. The van der Waals surface area contributed by atoms with Crippen molar-refractivity contribution < 1.29 is 8.78 Å². The van der Waals surface area contributed by atoms with Crippen molar-refractivity contribution in [3.63, 3.8) is 0 Å². The van der Waals surface area contributed by atoms with Crippen LogP contribution in [0.5, 0.6) is 0 Å². The van der Waals surface area contributed by atoms with E-state index in [0.29, 0.717) is 18.4 Å². The number of hydrogen-bond donors (Lipinski definition) is 2. The van der Waals surface area contributed by atoms with Crippen molar-refractivity contribution in [3.8, 4) is 0 Å². The SMILES string of the molecule is CN=C(NCCCc1nnc(SC)n1CC(C)C)NCc1cc(F)ccc1F.I. The van der Waals surface area contributed by atoms with Gasteiger partial charge >= 0.3 is 0 Å². The van der Waals surface area contributed by atoms with Crippen molar-refractivity contribution in [2.45, 2.75) is 44.9 Å². The molecule has 1 heterocycles. The monoisotopic (exact) mass is 538 g/mol. The fraction of sp³-hybridized carbons (Fsp3) is 0.526. The number of aliphatic imine (C=N–C) groups is 1. The smallest absolute Gasteiger partial charge is 0.191 e. The Hall–Kier alpha value is -1.43. The van der Waals surface area contributed by atoms with Crippen molar-refractivity contribution in [2.24, 2.45) is 10.9 Å². The molecule has 0 fully saturated rings. The summed E-state index contributed by atoms with van der Waals surface area (Å²) in [6.07, 6.45) is 3.64. The fourth-order valence-corrected chi connectivity index (χ4v) is 3.26. The van der Waals surface area contributed by atoms with E-state index in [1.807, 2.05) is 6.26 Å². The predicted molar refractivity (Wildman–Crippen MR) is 125 cm³/mol. The maximum atomic E-state index is 13.7. The Morgan fingerprint density at radius 1 is 1.24 bits per heavy atom. The molecule has 0 aliphatic heterocycles. The van der Waals surface area contributed by atoms with E-state index < -0.39 is 11.6 Å². The van der Waals surface area contributed by atoms with E-state index in [-0.39, 0.29) is 36.1 Å². The number of guanidine groups is 1. The molecule has 0 saturated heterocycles. The Labute approximate surface area is 192 Å². The van der Waals surface area contributed by atoms with Crippen molar-refractivity contribution in [2.75, 3.05) is 19.8 Å². The summed E-state index contributed by atoms with van der Waals surface area (Å²) in [6.45, 7) is 6.07. The topological polar surface area (TPSA) is 67.1 Å². The van der Waals surface area contributed by atoms with E-state index in [0.717, 1.165) is 42.5 Å². The molecular weight excluding hydrogens is 509 g/mol. The standard InChI is InChI=1S/C19H28F2N6S.HI/c1-13(2)12-27-17(25-26-19(27)28-4)6-5-9-23-18(22-3)24-11-14-10-15(20)7-8-16(14)21;/h7-8,10,13H,5-6,9,11-12H2,1-4H3,(H2,22,23,24);1H. The van der Waals surface area contributed by atoms with E-state index in [9.17, 15) is 8.78 Å². The number of halogens is 3. The van der Waals surface area contributed by atoms with Crippen LogP contribution in [0, 0.1) is 17.6 Å². The Balaban J connectivity index is 0.00000420. The highest BCUT2D eigenvalue weighted by Crippen LogP contribution is 2.16. The molecule has 0 aliphatic carbocycles. The first kappa shape index (κ1) is 25.6. The summed E-state index contributed by atoms with van der Waals surface area (Å²) in [6, 6.07) is 3.41. The van der Waals surface area contributed by atoms with Crippen LogP contribution in [-0.4, -0.2) is 40.6 Å². The van der Waals surface area contributed by atoms with E-state index in [2.05, 4.69) is 44.2 Å². The molecule has 1 aromatic heterocycles. The van der Waals surface area contributed by atoms with Gasteiger partial charge in [-0.1, -0.05) is 25.6 Å². The third-order valence-corrected chi connectivity index (χ3v) is 4.74. The zero-order chi connectivity index (χ0) is 20.5.